The second-order valence-corrected chi connectivity index (χ2v) is 5.60. The Morgan fingerprint density at radius 1 is 1.12 bits per heavy atom. The first-order valence-corrected chi connectivity index (χ1v) is 7.61. The number of hydrogen-bond donors (Lipinski definition) is 2. The number of fused-ring (bicyclic) bond motifs is 1. The van der Waals surface area contributed by atoms with Gasteiger partial charge in [-0.1, -0.05) is 42.5 Å². The highest BCUT2D eigenvalue weighted by molar-refractivity contribution is 5.86. The molecule has 3 aromatic rings. The van der Waals surface area contributed by atoms with Gasteiger partial charge in [-0.05, 0) is 23.3 Å². The van der Waals surface area contributed by atoms with E-state index in [1.54, 1.807) is 0 Å². The second-order valence-electron chi connectivity index (χ2n) is 5.60. The number of rotatable bonds is 4. The third kappa shape index (κ3) is 3.27. The molecule has 1 amide bonds. The summed E-state index contributed by atoms with van der Waals surface area (Å²) in [5.41, 5.74) is -0.0773. The predicted octanol–water partition coefficient (Wildman–Crippen LogP) is 1.57. The smallest absolute Gasteiger partial charge is 0.328 e. The lowest BCUT2D eigenvalue weighted by molar-refractivity contribution is -0.122. The van der Waals surface area contributed by atoms with Gasteiger partial charge in [-0.3, -0.25) is 19.1 Å². The van der Waals surface area contributed by atoms with Crippen molar-refractivity contribution < 1.29 is 4.79 Å². The first-order valence-electron chi connectivity index (χ1n) is 7.61. The van der Waals surface area contributed by atoms with Crippen LogP contribution in [0.2, 0.25) is 0 Å². The third-order valence-electron chi connectivity index (χ3n) is 3.88. The van der Waals surface area contributed by atoms with Crippen LogP contribution in [-0.4, -0.2) is 15.5 Å². The van der Waals surface area contributed by atoms with Gasteiger partial charge in [0.05, 0.1) is 6.04 Å². The Morgan fingerprint density at radius 3 is 2.67 bits per heavy atom. The van der Waals surface area contributed by atoms with Gasteiger partial charge in [0.2, 0.25) is 5.91 Å². The number of aromatic nitrogens is 2. The van der Waals surface area contributed by atoms with Crippen LogP contribution in [0, 0.1) is 0 Å². The summed E-state index contributed by atoms with van der Waals surface area (Å²) in [6.07, 6.45) is 1.31. The number of carbonyl (C=O) groups is 1. The van der Waals surface area contributed by atoms with Crippen LogP contribution in [0.25, 0.3) is 10.8 Å². The molecule has 1 aromatic heterocycles. The number of nitrogens with one attached hydrogen (secondary N) is 2. The van der Waals surface area contributed by atoms with Gasteiger partial charge in [0.25, 0.3) is 5.56 Å². The Kier molecular flexibility index (Phi) is 4.29. The molecule has 6 nitrogen and oxygen atoms in total. The molecule has 1 atom stereocenters. The first kappa shape index (κ1) is 15.7. The molecule has 2 N–H and O–H groups in total. The predicted molar refractivity (Wildman–Crippen MR) is 91.8 cm³/mol. The summed E-state index contributed by atoms with van der Waals surface area (Å²) in [4.78, 5) is 37.0. The number of aromatic amines is 1. The molecule has 6 heteroatoms. The van der Waals surface area contributed by atoms with Gasteiger partial charge in [0.15, 0.2) is 0 Å². The minimum atomic E-state index is -0.601. The number of amides is 1. The number of benzene rings is 2. The lowest BCUT2D eigenvalue weighted by Gasteiger charge is -2.17. The van der Waals surface area contributed by atoms with Crippen LogP contribution in [0.1, 0.15) is 18.5 Å². The quantitative estimate of drug-likeness (QED) is 0.764. The molecule has 1 heterocycles. The fourth-order valence-corrected chi connectivity index (χ4v) is 2.72. The van der Waals surface area contributed by atoms with E-state index < -0.39 is 11.2 Å². The minimum absolute atomic E-state index is 0.148. The van der Waals surface area contributed by atoms with Crippen molar-refractivity contribution in [3.05, 3.63) is 81.1 Å². The third-order valence-corrected chi connectivity index (χ3v) is 3.88. The Balaban J connectivity index is 1.78. The largest absolute Gasteiger partial charge is 0.348 e. The van der Waals surface area contributed by atoms with Crippen LogP contribution in [-0.2, 0) is 11.3 Å². The summed E-state index contributed by atoms with van der Waals surface area (Å²) >= 11 is 0. The van der Waals surface area contributed by atoms with Crippen molar-refractivity contribution in [2.24, 2.45) is 0 Å². The minimum Gasteiger partial charge on any atom is -0.348 e. The molecule has 0 bridgehead atoms. The Morgan fingerprint density at radius 2 is 1.88 bits per heavy atom. The Hall–Kier alpha value is -3.15. The van der Waals surface area contributed by atoms with Crippen LogP contribution >= 0.6 is 0 Å². The molecule has 0 radical (unpaired) electrons. The van der Waals surface area contributed by atoms with E-state index in [4.69, 9.17) is 0 Å². The molecular formula is C18H17N3O3. The van der Waals surface area contributed by atoms with Crippen molar-refractivity contribution in [2.75, 3.05) is 0 Å². The molecule has 24 heavy (non-hydrogen) atoms. The van der Waals surface area contributed by atoms with E-state index in [2.05, 4.69) is 10.3 Å². The summed E-state index contributed by atoms with van der Waals surface area (Å²) in [6.45, 7) is 1.75. The van der Waals surface area contributed by atoms with Crippen LogP contribution in [0.3, 0.4) is 0 Å². The van der Waals surface area contributed by atoms with Gasteiger partial charge in [-0.15, -0.1) is 0 Å². The second kappa shape index (κ2) is 6.54. The zero-order chi connectivity index (χ0) is 17.1. The van der Waals surface area contributed by atoms with E-state index >= 15 is 0 Å². The van der Waals surface area contributed by atoms with Crippen molar-refractivity contribution in [3.8, 4) is 0 Å². The Bertz CT molecular complexity index is 999. The molecule has 0 saturated carbocycles. The lowest BCUT2D eigenvalue weighted by Crippen LogP contribution is -2.36. The van der Waals surface area contributed by atoms with Crippen molar-refractivity contribution in [2.45, 2.75) is 19.5 Å². The average molecular weight is 323 g/mol. The van der Waals surface area contributed by atoms with Gasteiger partial charge in [0, 0.05) is 12.3 Å². The summed E-state index contributed by atoms with van der Waals surface area (Å²) < 4.78 is 1.16. The van der Waals surface area contributed by atoms with Crippen molar-refractivity contribution in [1.29, 1.82) is 0 Å². The fourth-order valence-electron chi connectivity index (χ4n) is 2.72. The molecule has 2 aromatic carbocycles. The zero-order valence-electron chi connectivity index (χ0n) is 13.2. The maximum absolute atomic E-state index is 12.2. The van der Waals surface area contributed by atoms with Crippen LogP contribution in [0.15, 0.2) is 64.3 Å². The van der Waals surface area contributed by atoms with Gasteiger partial charge < -0.3 is 5.32 Å². The van der Waals surface area contributed by atoms with Gasteiger partial charge >= 0.3 is 5.69 Å². The summed E-state index contributed by atoms with van der Waals surface area (Å²) in [7, 11) is 0. The van der Waals surface area contributed by atoms with E-state index in [1.807, 2.05) is 49.4 Å². The summed E-state index contributed by atoms with van der Waals surface area (Å²) in [5, 5.41) is 5.07. The topological polar surface area (TPSA) is 84.0 Å². The van der Waals surface area contributed by atoms with E-state index in [9.17, 15) is 14.4 Å². The van der Waals surface area contributed by atoms with E-state index in [-0.39, 0.29) is 18.5 Å². The molecule has 0 saturated heterocycles. The number of hydrogen-bond acceptors (Lipinski definition) is 3. The standard InChI is InChI=1S/C18H17N3O3/c1-12(14-8-4-6-13-5-2-3-7-15(13)14)19-17(23)11-21-10-9-16(22)20-18(21)24/h2-10,12H,11H2,1H3,(H,19,23)(H,20,22,24)/t12-/m0/s1. The molecule has 0 aliphatic carbocycles. The normalized spacial score (nSPS) is 12.0. The number of H-pyrrole nitrogens is 1. The summed E-state index contributed by atoms with van der Waals surface area (Å²) in [5.74, 6) is -0.301. The van der Waals surface area contributed by atoms with E-state index in [0.29, 0.717) is 0 Å². The number of carbonyl (C=O) groups excluding carboxylic acids is 1. The molecule has 122 valence electrons. The number of nitrogens with zero attached hydrogens (tertiary/aromatic N) is 1. The average Bonchev–Trinajstić information content (AvgIpc) is 2.57. The van der Waals surface area contributed by atoms with Crippen LogP contribution < -0.4 is 16.6 Å². The maximum Gasteiger partial charge on any atom is 0.328 e. The van der Waals surface area contributed by atoms with Crippen LogP contribution in [0.5, 0.6) is 0 Å². The van der Waals surface area contributed by atoms with Crippen molar-refractivity contribution >= 4 is 16.7 Å². The molecular weight excluding hydrogens is 306 g/mol. The highest BCUT2D eigenvalue weighted by Crippen LogP contribution is 2.23. The van der Waals surface area contributed by atoms with Gasteiger partial charge in [0.1, 0.15) is 6.54 Å². The van der Waals surface area contributed by atoms with Gasteiger partial charge in [-0.25, -0.2) is 4.79 Å². The first-order chi connectivity index (χ1) is 11.5. The van der Waals surface area contributed by atoms with Crippen LogP contribution in [0.4, 0.5) is 0 Å². The van der Waals surface area contributed by atoms with Crippen molar-refractivity contribution in [1.82, 2.24) is 14.9 Å². The van der Waals surface area contributed by atoms with E-state index in [0.717, 1.165) is 20.9 Å². The molecule has 0 spiro atoms. The molecule has 0 unspecified atom stereocenters. The molecule has 0 aliphatic rings. The molecule has 3 rings (SSSR count). The maximum atomic E-state index is 12.2. The monoisotopic (exact) mass is 323 g/mol. The highest BCUT2D eigenvalue weighted by Gasteiger charge is 2.13. The molecule has 0 aliphatic heterocycles. The fraction of sp³-hybridized carbons (Fsp3) is 0.167. The Labute approximate surface area is 137 Å². The molecule has 0 fully saturated rings. The van der Waals surface area contributed by atoms with Crippen molar-refractivity contribution in [3.63, 3.8) is 0 Å². The highest BCUT2D eigenvalue weighted by atomic mass is 16.2. The summed E-state index contributed by atoms with van der Waals surface area (Å²) in [6, 6.07) is 14.9. The zero-order valence-corrected chi connectivity index (χ0v) is 13.2. The SMILES string of the molecule is C[C@H](NC(=O)Cn1ccc(=O)[nH]c1=O)c1cccc2ccccc12. The van der Waals surface area contributed by atoms with Gasteiger partial charge in [-0.2, -0.15) is 0 Å². The lowest BCUT2D eigenvalue weighted by atomic mass is 10.00. The van der Waals surface area contributed by atoms with E-state index in [1.165, 1.54) is 12.3 Å².